The summed E-state index contributed by atoms with van der Waals surface area (Å²) < 4.78 is 7.23. The Labute approximate surface area is 87.4 Å². The predicted molar refractivity (Wildman–Crippen MR) is 51.1 cm³/mol. The zero-order valence-corrected chi connectivity index (χ0v) is 8.81. The Bertz CT molecular complexity index is 295. The molecule has 1 aliphatic heterocycles. The van der Waals surface area contributed by atoms with Gasteiger partial charge in [-0.15, -0.1) is 16.7 Å². The lowest BCUT2D eigenvalue weighted by Gasteiger charge is -2.10. The molecule has 1 fully saturated rings. The van der Waals surface area contributed by atoms with Crippen LogP contribution in [0, 0.1) is 0 Å². The first-order chi connectivity index (χ1) is 6.77. The minimum atomic E-state index is -0.161. The number of hydrogen-bond donors (Lipinski definition) is 0. The highest BCUT2D eigenvalue weighted by Crippen LogP contribution is 2.18. The van der Waals surface area contributed by atoms with Gasteiger partial charge in [-0.05, 0) is 30.2 Å². The maximum atomic E-state index is 5.93. The average molecular weight is 217 g/mol. The molecule has 2 atom stereocenters. The van der Waals surface area contributed by atoms with E-state index in [0.717, 1.165) is 19.4 Å². The Morgan fingerprint density at radius 2 is 2.57 bits per heavy atom. The fraction of sp³-hybridized carbons (Fsp3) is 0.875. The Balaban J connectivity index is 2.04. The highest BCUT2D eigenvalue weighted by Gasteiger charge is 2.20. The molecule has 0 radical (unpaired) electrons. The van der Waals surface area contributed by atoms with E-state index >= 15 is 0 Å². The quantitative estimate of drug-likeness (QED) is 0.712. The molecule has 1 aromatic heterocycles. The molecule has 14 heavy (non-hydrogen) atoms. The normalized spacial score (nSPS) is 24.0. The summed E-state index contributed by atoms with van der Waals surface area (Å²) in [5.41, 5.74) is 0. The average Bonchev–Trinajstić information content (AvgIpc) is 2.75. The Morgan fingerprint density at radius 1 is 1.71 bits per heavy atom. The molecule has 78 valence electrons. The lowest BCUT2D eigenvalue weighted by molar-refractivity contribution is 0.0926. The van der Waals surface area contributed by atoms with Crippen molar-refractivity contribution in [3.8, 4) is 0 Å². The van der Waals surface area contributed by atoms with Crippen LogP contribution in [0.1, 0.15) is 31.0 Å². The van der Waals surface area contributed by atoms with Gasteiger partial charge in [-0.3, -0.25) is 0 Å². The molecule has 0 bridgehead atoms. The van der Waals surface area contributed by atoms with E-state index in [1.807, 2.05) is 6.92 Å². The van der Waals surface area contributed by atoms with Gasteiger partial charge in [-0.2, -0.15) is 0 Å². The molecule has 1 saturated heterocycles. The highest BCUT2D eigenvalue weighted by atomic mass is 35.5. The molecule has 1 aliphatic rings. The molecule has 1 aromatic rings. The third kappa shape index (κ3) is 2.04. The first-order valence-electron chi connectivity index (χ1n) is 4.79. The summed E-state index contributed by atoms with van der Waals surface area (Å²) in [6.07, 6.45) is 2.45. The van der Waals surface area contributed by atoms with Crippen LogP contribution in [-0.4, -0.2) is 32.9 Å². The van der Waals surface area contributed by atoms with E-state index in [4.69, 9.17) is 16.3 Å². The van der Waals surface area contributed by atoms with Gasteiger partial charge in [0.2, 0.25) is 0 Å². The number of rotatable bonds is 3. The predicted octanol–water partition coefficient (Wildman–Crippen LogP) is 1.15. The summed E-state index contributed by atoms with van der Waals surface area (Å²) in [4.78, 5) is 0. The smallest absolute Gasteiger partial charge is 0.168 e. The van der Waals surface area contributed by atoms with E-state index < -0.39 is 0 Å². The largest absolute Gasteiger partial charge is 0.376 e. The zero-order valence-electron chi connectivity index (χ0n) is 8.06. The monoisotopic (exact) mass is 216 g/mol. The number of alkyl halides is 1. The second-order valence-electron chi connectivity index (χ2n) is 3.47. The van der Waals surface area contributed by atoms with Crippen LogP contribution in [-0.2, 0) is 11.3 Å². The van der Waals surface area contributed by atoms with Crippen molar-refractivity contribution >= 4 is 11.6 Å². The first-order valence-corrected chi connectivity index (χ1v) is 5.22. The Morgan fingerprint density at radius 3 is 3.21 bits per heavy atom. The molecule has 2 rings (SSSR count). The SMILES string of the molecule is CC(Cl)c1nnnn1CC1CCCO1. The van der Waals surface area contributed by atoms with Crippen molar-refractivity contribution in [2.75, 3.05) is 6.61 Å². The van der Waals surface area contributed by atoms with Gasteiger partial charge >= 0.3 is 0 Å². The summed E-state index contributed by atoms with van der Waals surface area (Å²) in [7, 11) is 0. The molecular formula is C8H13ClN4O. The molecule has 0 N–H and O–H groups in total. The van der Waals surface area contributed by atoms with Gasteiger partial charge in [0.15, 0.2) is 5.82 Å². The van der Waals surface area contributed by atoms with Crippen molar-refractivity contribution in [3.63, 3.8) is 0 Å². The molecule has 6 heteroatoms. The van der Waals surface area contributed by atoms with E-state index in [1.54, 1.807) is 4.68 Å². The fourth-order valence-electron chi connectivity index (χ4n) is 1.61. The van der Waals surface area contributed by atoms with Crippen molar-refractivity contribution < 1.29 is 4.74 Å². The maximum Gasteiger partial charge on any atom is 0.168 e. The van der Waals surface area contributed by atoms with E-state index in [2.05, 4.69) is 15.5 Å². The minimum absolute atomic E-state index is 0.161. The summed E-state index contributed by atoms with van der Waals surface area (Å²) in [5, 5.41) is 11.2. The second-order valence-corrected chi connectivity index (χ2v) is 4.12. The summed E-state index contributed by atoms with van der Waals surface area (Å²) in [5.74, 6) is 0.710. The van der Waals surface area contributed by atoms with Crippen molar-refractivity contribution in [2.45, 2.75) is 37.8 Å². The maximum absolute atomic E-state index is 5.93. The number of hydrogen-bond acceptors (Lipinski definition) is 4. The van der Waals surface area contributed by atoms with Crippen molar-refractivity contribution in [2.24, 2.45) is 0 Å². The number of tetrazole rings is 1. The molecule has 0 aromatic carbocycles. The van der Waals surface area contributed by atoms with Crippen molar-refractivity contribution in [1.82, 2.24) is 20.2 Å². The van der Waals surface area contributed by atoms with E-state index in [9.17, 15) is 0 Å². The molecule has 0 amide bonds. The van der Waals surface area contributed by atoms with Crippen LogP contribution >= 0.6 is 11.6 Å². The Kier molecular flexibility index (Phi) is 2.98. The summed E-state index contributed by atoms with van der Waals surface area (Å²) in [6, 6.07) is 0. The summed E-state index contributed by atoms with van der Waals surface area (Å²) in [6.45, 7) is 3.41. The standard InChI is InChI=1S/C8H13ClN4O/c1-6(9)8-10-11-12-13(8)5-7-3-2-4-14-7/h6-7H,2-5H2,1H3. The van der Waals surface area contributed by atoms with Crippen LogP contribution in [0.25, 0.3) is 0 Å². The van der Waals surface area contributed by atoms with Gasteiger partial charge in [-0.25, -0.2) is 4.68 Å². The molecule has 0 saturated carbocycles. The number of aromatic nitrogens is 4. The lowest BCUT2D eigenvalue weighted by Crippen LogP contribution is -2.18. The van der Waals surface area contributed by atoms with Crippen LogP contribution in [0.5, 0.6) is 0 Å². The van der Waals surface area contributed by atoms with E-state index in [0.29, 0.717) is 12.4 Å². The van der Waals surface area contributed by atoms with E-state index in [1.165, 1.54) is 0 Å². The number of ether oxygens (including phenoxy) is 1. The van der Waals surface area contributed by atoms with E-state index in [-0.39, 0.29) is 11.5 Å². The molecule has 0 aliphatic carbocycles. The fourth-order valence-corrected chi connectivity index (χ4v) is 1.76. The number of nitrogens with zero attached hydrogens (tertiary/aromatic N) is 4. The van der Waals surface area contributed by atoms with Gasteiger partial charge in [-0.1, -0.05) is 0 Å². The number of halogens is 1. The Hall–Kier alpha value is -0.680. The first kappa shape index (κ1) is 9.86. The van der Waals surface area contributed by atoms with Crippen molar-refractivity contribution in [3.05, 3.63) is 5.82 Å². The van der Waals surface area contributed by atoms with Gasteiger partial charge < -0.3 is 4.74 Å². The second kappa shape index (κ2) is 4.23. The lowest BCUT2D eigenvalue weighted by atomic mass is 10.2. The molecule has 2 unspecified atom stereocenters. The van der Waals surface area contributed by atoms with Crippen LogP contribution in [0.15, 0.2) is 0 Å². The zero-order chi connectivity index (χ0) is 9.97. The van der Waals surface area contributed by atoms with Gasteiger partial charge in [0.05, 0.1) is 18.0 Å². The molecule has 5 nitrogen and oxygen atoms in total. The van der Waals surface area contributed by atoms with Crippen molar-refractivity contribution in [1.29, 1.82) is 0 Å². The van der Waals surface area contributed by atoms with Gasteiger partial charge in [0.1, 0.15) is 0 Å². The third-order valence-electron chi connectivity index (χ3n) is 2.32. The summed E-state index contributed by atoms with van der Waals surface area (Å²) >= 11 is 5.93. The van der Waals surface area contributed by atoms with Crippen LogP contribution in [0.3, 0.4) is 0 Å². The van der Waals surface area contributed by atoms with Gasteiger partial charge in [0.25, 0.3) is 0 Å². The van der Waals surface area contributed by atoms with Crippen LogP contribution < -0.4 is 0 Å². The topological polar surface area (TPSA) is 52.8 Å². The van der Waals surface area contributed by atoms with Crippen LogP contribution in [0.2, 0.25) is 0 Å². The molecule has 0 spiro atoms. The van der Waals surface area contributed by atoms with Crippen LogP contribution in [0.4, 0.5) is 0 Å². The third-order valence-corrected chi connectivity index (χ3v) is 2.51. The molecule has 2 heterocycles. The minimum Gasteiger partial charge on any atom is -0.376 e. The highest BCUT2D eigenvalue weighted by molar-refractivity contribution is 6.20. The molecular weight excluding hydrogens is 204 g/mol. The van der Waals surface area contributed by atoms with Gasteiger partial charge in [0, 0.05) is 6.61 Å².